The fourth-order valence-electron chi connectivity index (χ4n) is 0.830. The van der Waals surface area contributed by atoms with E-state index in [9.17, 15) is 0 Å². The minimum absolute atomic E-state index is 0.514. The molecule has 0 spiro atoms. The van der Waals surface area contributed by atoms with Crippen LogP contribution >= 0.6 is 24.8 Å². The number of nitrogens with zero attached hydrogens (tertiary/aromatic N) is 1. The molecule has 4 heteroatoms. The van der Waals surface area contributed by atoms with E-state index in [1.807, 2.05) is 0 Å². The number of hydrogen-bond acceptors (Lipinski definition) is 2. The van der Waals surface area contributed by atoms with Crippen molar-refractivity contribution in [1.29, 1.82) is 0 Å². The number of thiol groups is 1. The standard InChI is InChI=1S/C6H15N.C4H7NS2/c1-4-7(5-2)6-3;1-2-3-5-4(6)7/h4-6H2,1-3H3;2H,1,3H2,(H2,5,6,7). The van der Waals surface area contributed by atoms with E-state index in [4.69, 9.17) is 0 Å². The van der Waals surface area contributed by atoms with E-state index in [2.05, 4.69) is 62.4 Å². The van der Waals surface area contributed by atoms with Gasteiger partial charge >= 0.3 is 0 Å². The summed E-state index contributed by atoms with van der Waals surface area (Å²) >= 11 is 8.37. The first-order valence-electron chi connectivity index (χ1n) is 4.92. The monoisotopic (exact) mass is 234 g/mol. The van der Waals surface area contributed by atoms with Gasteiger partial charge in [-0.05, 0) is 19.6 Å². The molecule has 14 heavy (non-hydrogen) atoms. The zero-order valence-corrected chi connectivity index (χ0v) is 11.1. The third-order valence-corrected chi connectivity index (χ3v) is 2.04. The smallest absolute Gasteiger partial charge is 0.130 e. The molecule has 0 heterocycles. The van der Waals surface area contributed by atoms with Crippen molar-refractivity contribution in [3.8, 4) is 0 Å². The fraction of sp³-hybridized carbons (Fsp3) is 0.700. The molecule has 0 aromatic rings. The summed E-state index contributed by atoms with van der Waals surface area (Å²) in [5.41, 5.74) is 0. The second-order valence-electron chi connectivity index (χ2n) is 2.59. The average Bonchev–Trinajstić information content (AvgIpc) is 2.18. The molecule has 0 aliphatic rings. The summed E-state index contributed by atoms with van der Waals surface area (Å²) in [7, 11) is 0. The molecule has 0 rings (SSSR count). The predicted octanol–water partition coefficient (Wildman–Crippen LogP) is 2.32. The van der Waals surface area contributed by atoms with E-state index in [1.54, 1.807) is 6.08 Å². The van der Waals surface area contributed by atoms with Crippen LogP contribution in [0.2, 0.25) is 0 Å². The van der Waals surface area contributed by atoms with Gasteiger partial charge in [-0.2, -0.15) is 0 Å². The highest BCUT2D eigenvalue weighted by atomic mass is 32.1. The minimum atomic E-state index is 0.514. The van der Waals surface area contributed by atoms with Crippen LogP contribution in [-0.4, -0.2) is 35.4 Å². The Morgan fingerprint density at radius 3 is 1.86 bits per heavy atom. The maximum absolute atomic E-state index is 4.57. The molecule has 0 fully saturated rings. The van der Waals surface area contributed by atoms with Crippen molar-refractivity contribution in [2.75, 3.05) is 26.2 Å². The highest BCUT2D eigenvalue weighted by Gasteiger charge is 1.89. The maximum atomic E-state index is 4.57. The van der Waals surface area contributed by atoms with Crippen molar-refractivity contribution in [2.24, 2.45) is 0 Å². The molecule has 0 aliphatic heterocycles. The molecule has 0 atom stereocenters. The Labute approximate surface area is 99.2 Å². The van der Waals surface area contributed by atoms with Crippen LogP contribution in [0.5, 0.6) is 0 Å². The van der Waals surface area contributed by atoms with Crippen molar-refractivity contribution in [2.45, 2.75) is 20.8 Å². The van der Waals surface area contributed by atoms with Crippen molar-refractivity contribution in [3.63, 3.8) is 0 Å². The summed E-state index contributed by atoms with van der Waals surface area (Å²) in [5.74, 6) is 0. The minimum Gasteiger partial charge on any atom is -0.368 e. The van der Waals surface area contributed by atoms with Crippen LogP contribution in [0.3, 0.4) is 0 Å². The lowest BCUT2D eigenvalue weighted by Crippen LogP contribution is -2.21. The van der Waals surface area contributed by atoms with Crippen molar-refractivity contribution in [1.82, 2.24) is 10.2 Å². The summed E-state index contributed by atoms with van der Waals surface area (Å²) in [4.78, 5) is 2.38. The average molecular weight is 234 g/mol. The van der Waals surface area contributed by atoms with Gasteiger partial charge in [-0.15, -0.1) is 19.2 Å². The number of thiocarbonyl (C=S) groups is 1. The number of nitrogens with one attached hydrogen (secondary N) is 1. The molecule has 2 nitrogen and oxygen atoms in total. The molecular weight excluding hydrogens is 212 g/mol. The number of rotatable bonds is 5. The molecule has 84 valence electrons. The molecule has 1 N–H and O–H groups in total. The van der Waals surface area contributed by atoms with Gasteiger partial charge in [-0.1, -0.05) is 39.1 Å². The normalized spacial score (nSPS) is 8.93. The second-order valence-corrected chi connectivity index (χ2v) is 3.75. The molecule has 0 bridgehead atoms. The van der Waals surface area contributed by atoms with E-state index >= 15 is 0 Å². The summed E-state index contributed by atoms with van der Waals surface area (Å²) in [6.45, 7) is 14.3. The molecule has 0 saturated carbocycles. The first-order valence-corrected chi connectivity index (χ1v) is 5.77. The Morgan fingerprint density at radius 2 is 1.79 bits per heavy atom. The molecule has 0 unspecified atom stereocenters. The van der Waals surface area contributed by atoms with Crippen molar-refractivity contribution < 1.29 is 0 Å². The van der Waals surface area contributed by atoms with Gasteiger partial charge in [0.25, 0.3) is 0 Å². The third-order valence-electron chi connectivity index (χ3n) is 1.74. The Hall–Kier alpha value is -0.0600. The van der Waals surface area contributed by atoms with E-state index in [-0.39, 0.29) is 0 Å². The van der Waals surface area contributed by atoms with Crippen molar-refractivity contribution >= 4 is 29.2 Å². The third kappa shape index (κ3) is 14.5. The molecule has 0 aromatic carbocycles. The van der Waals surface area contributed by atoms with Crippen LogP contribution < -0.4 is 5.32 Å². The maximum Gasteiger partial charge on any atom is 0.130 e. The van der Waals surface area contributed by atoms with Crippen molar-refractivity contribution in [3.05, 3.63) is 12.7 Å². The van der Waals surface area contributed by atoms with Crippen LogP contribution in [0.25, 0.3) is 0 Å². The topological polar surface area (TPSA) is 15.3 Å². The van der Waals surface area contributed by atoms with Crippen LogP contribution in [-0.2, 0) is 0 Å². The van der Waals surface area contributed by atoms with Crippen LogP contribution in [0.4, 0.5) is 0 Å². The Bertz CT molecular complexity index is 140. The van der Waals surface area contributed by atoms with E-state index in [0.717, 1.165) is 0 Å². The highest BCUT2D eigenvalue weighted by Crippen LogP contribution is 1.81. The zero-order valence-electron chi connectivity index (χ0n) is 9.42. The van der Waals surface area contributed by atoms with Crippen LogP contribution in [0.1, 0.15) is 20.8 Å². The van der Waals surface area contributed by atoms with Gasteiger partial charge in [0.15, 0.2) is 0 Å². The van der Waals surface area contributed by atoms with Gasteiger partial charge in [-0.25, -0.2) is 0 Å². The molecule has 0 aromatic heterocycles. The predicted molar refractivity (Wildman–Crippen MR) is 73.2 cm³/mol. The van der Waals surface area contributed by atoms with Gasteiger partial charge in [0.1, 0.15) is 4.32 Å². The SMILES string of the molecule is C=CCNC(=S)S.CCN(CC)CC. The van der Waals surface area contributed by atoms with Crippen LogP contribution in [0.15, 0.2) is 12.7 Å². The molecule has 0 amide bonds. The number of hydrogen-bond donors (Lipinski definition) is 2. The van der Waals surface area contributed by atoms with E-state index in [0.29, 0.717) is 10.9 Å². The quantitative estimate of drug-likeness (QED) is 0.431. The lowest BCUT2D eigenvalue weighted by atomic mass is 10.5. The van der Waals surface area contributed by atoms with E-state index in [1.165, 1.54) is 19.6 Å². The molecule has 0 radical (unpaired) electrons. The lowest BCUT2D eigenvalue weighted by Gasteiger charge is -2.13. The summed E-state index contributed by atoms with van der Waals surface area (Å²) in [5, 5.41) is 2.77. The van der Waals surface area contributed by atoms with E-state index < -0.39 is 0 Å². The largest absolute Gasteiger partial charge is 0.368 e. The zero-order chi connectivity index (χ0) is 11.4. The van der Waals surface area contributed by atoms with Gasteiger partial charge in [0.05, 0.1) is 0 Å². The second kappa shape index (κ2) is 12.9. The lowest BCUT2D eigenvalue weighted by molar-refractivity contribution is 0.321. The first-order chi connectivity index (χ1) is 6.62. The Balaban J connectivity index is 0. The molecule has 0 saturated heterocycles. The summed E-state index contributed by atoms with van der Waals surface area (Å²) in [6, 6.07) is 0. The first kappa shape index (κ1) is 16.4. The summed E-state index contributed by atoms with van der Waals surface area (Å²) < 4.78 is 0.514. The molecule has 0 aliphatic carbocycles. The van der Waals surface area contributed by atoms with Gasteiger partial charge < -0.3 is 10.2 Å². The Kier molecular flexibility index (Phi) is 15.1. The Morgan fingerprint density at radius 1 is 1.36 bits per heavy atom. The van der Waals surface area contributed by atoms with Gasteiger partial charge in [0.2, 0.25) is 0 Å². The fourth-order valence-corrected chi connectivity index (χ4v) is 1.00. The highest BCUT2D eigenvalue weighted by molar-refractivity contribution is 8.11. The van der Waals surface area contributed by atoms with Crippen LogP contribution in [0, 0.1) is 0 Å². The van der Waals surface area contributed by atoms with Gasteiger partial charge in [-0.3, -0.25) is 0 Å². The molecular formula is C10H22N2S2. The van der Waals surface area contributed by atoms with Gasteiger partial charge in [0, 0.05) is 6.54 Å². The summed E-state index contributed by atoms with van der Waals surface area (Å²) in [6.07, 6.45) is 1.72.